The van der Waals surface area contributed by atoms with E-state index in [2.05, 4.69) is 5.32 Å². The number of aliphatic carboxylic acids is 1. The number of aliphatic hydroxyl groups is 1. The third-order valence-corrected chi connectivity index (χ3v) is 5.33. The van der Waals surface area contributed by atoms with Crippen molar-refractivity contribution in [2.45, 2.75) is 31.8 Å². The maximum Gasteiger partial charge on any atom is 0.303 e. The summed E-state index contributed by atoms with van der Waals surface area (Å²) in [6.45, 7) is 0.483. The van der Waals surface area contributed by atoms with Gasteiger partial charge >= 0.3 is 5.97 Å². The number of ether oxygens (including phenoxy) is 1. The molecular weight excluding hydrogens is 442 g/mol. The summed E-state index contributed by atoms with van der Waals surface area (Å²) in [6, 6.07) is 20.9. The van der Waals surface area contributed by atoms with Crippen molar-refractivity contribution in [3.63, 3.8) is 0 Å². The van der Waals surface area contributed by atoms with E-state index >= 15 is 0 Å². The van der Waals surface area contributed by atoms with Gasteiger partial charge < -0.3 is 20.3 Å². The van der Waals surface area contributed by atoms with Crippen LogP contribution in [0.25, 0.3) is 0 Å². The highest BCUT2D eigenvalue weighted by Crippen LogP contribution is 2.31. The normalized spacial score (nSPS) is 11.6. The van der Waals surface area contributed by atoms with Crippen molar-refractivity contribution < 1.29 is 24.5 Å². The Morgan fingerprint density at radius 1 is 0.939 bits per heavy atom. The lowest BCUT2D eigenvalue weighted by atomic mass is 9.99. The molecule has 7 heteroatoms. The van der Waals surface area contributed by atoms with Crippen LogP contribution in [0.3, 0.4) is 0 Å². The van der Waals surface area contributed by atoms with E-state index in [-0.39, 0.29) is 12.3 Å². The summed E-state index contributed by atoms with van der Waals surface area (Å²) in [5, 5.41) is 22.8. The summed E-state index contributed by atoms with van der Waals surface area (Å²) in [5.41, 5.74) is 2.12. The summed E-state index contributed by atoms with van der Waals surface area (Å²) in [5.74, 6) is -0.472. The molecule has 6 nitrogen and oxygen atoms in total. The third kappa shape index (κ3) is 7.34. The van der Waals surface area contributed by atoms with Gasteiger partial charge in [-0.25, -0.2) is 0 Å². The van der Waals surface area contributed by atoms with Crippen LogP contribution in [0, 0.1) is 0 Å². The number of rotatable bonds is 11. The van der Waals surface area contributed by atoms with E-state index in [1.807, 2.05) is 30.3 Å². The lowest BCUT2D eigenvalue weighted by Crippen LogP contribution is -2.14. The highest BCUT2D eigenvalue weighted by atomic mass is 35.5. The first-order chi connectivity index (χ1) is 15.9. The van der Waals surface area contributed by atoms with Crippen LogP contribution < -0.4 is 10.1 Å². The fraction of sp³-hybridized carbons (Fsp3) is 0.231. The van der Waals surface area contributed by atoms with E-state index < -0.39 is 12.1 Å². The number of halogens is 1. The van der Waals surface area contributed by atoms with Crippen molar-refractivity contribution in [2.75, 3.05) is 11.9 Å². The van der Waals surface area contributed by atoms with Crippen molar-refractivity contribution in [2.24, 2.45) is 0 Å². The first-order valence-electron chi connectivity index (χ1n) is 10.7. The van der Waals surface area contributed by atoms with Gasteiger partial charge in [0, 0.05) is 28.3 Å². The minimum Gasteiger partial charge on any atom is -0.494 e. The molecule has 3 N–H and O–H groups in total. The Kier molecular flexibility index (Phi) is 8.87. The molecule has 0 radical (unpaired) electrons. The smallest absolute Gasteiger partial charge is 0.303 e. The van der Waals surface area contributed by atoms with Gasteiger partial charge in [-0.2, -0.15) is 0 Å². The van der Waals surface area contributed by atoms with Crippen LogP contribution in [0.1, 0.15) is 53.3 Å². The third-order valence-electron chi connectivity index (χ3n) is 5.09. The molecule has 3 aromatic rings. The van der Waals surface area contributed by atoms with Crippen LogP contribution in [0.4, 0.5) is 5.69 Å². The van der Waals surface area contributed by atoms with Crippen LogP contribution in [0.5, 0.6) is 5.75 Å². The molecule has 172 valence electrons. The van der Waals surface area contributed by atoms with E-state index in [4.69, 9.17) is 21.4 Å². The van der Waals surface area contributed by atoms with Gasteiger partial charge in [0.2, 0.25) is 0 Å². The Labute approximate surface area is 197 Å². The molecule has 0 fully saturated rings. The SMILES string of the molecule is O=C(O)CCCCCOc1ccc(C(=O)Nc2ccc(Cl)cc2C(O)c2ccccc2)cc1. The van der Waals surface area contributed by atoms with Gasteiger partial charge in [0.1, 0.15) is 11.9 Å². The summed E-state index contributed by atoms with van der Waals surface area (Å²) >= 11 is 6.14. The second-order valence-corrected chi connectivity index (χ2v) is 8.01. The zero-order chi connectivity index (χ0) is 23.6. The largest absolute Gasteiger partial charge is 0.494 e. The van der Waals surface area contributed by atoms with Crippen molar-refractivity contribution in [3.05, 3.63) is 94.5 Å². The monoisotopic (exact) mass is 467 g/mol. The maximum atomic E-state index is 12.8. The fourth-order valence-electron chi connectivity index (χ4n) is 3.33. The van der Waals surface area contributed by atoms with E-state index in [0.29, 0.717) is 46.2 Å². The lowest BCUT2D eigenvalue weighted by molar-refractivity contribution is -0.137. The predicted molar refractivity (Wildman–Crippen MR) is 128 cm³/mol. The summed E-state index contributed by atoms with van der Waals surface area (Å²) < 4.78 is 5.65. The molecule has 0 heterocycles. The van der Waals surface area contributed by atoms with Crippen LogP contribution in [-0.2, 0) is 4.79 Å². The summed E-state index contributed by atoms with van der Waals surface area (Å²) in [4.78, 5) is 23.3. The number of aliphatic hydroxyl groups excluding tert-OH is 1. The number of carboxylic acids is 1. The maximum absolute atomic E-state index is 12.8. The molecule has 1 amide bonds. The molecule has 0 bridgehead atoms. The molecule has 0 aliphatic rings. The van der Waals surface area contributed by atoms with Crippen molar-refractivity contribution in [1.82, 2.24) is 0 Å². The minimum absolute atomic E-state index is 0.168. The van der Waals surface area contributed by atoms with Gasteiger partial charge in [-0.3, -0.25) is 9.59 Å². The zero-order valence-corrected chi connectivity index (χ0v) is 18.8. The highest BCUT2D eigenvalue weighted by molar-refractivity contribution is 6.30. The second-order valence-electron chi connectivity index (χ2n) is 7.58. The van der Waals surface area contributed by atoms with Crippen LogP contribution in [0.2, 0.25) is 5.02 Å². The average Bonchev–Trinajstić information content (AvgIpc) is 2.82. The number of carboxylic acid groups (broad SMARTS) is 1. The quantitative estimate of drug-likeness (QED) is 0.314. The Hall–Kier alpha value is -3.35. The van der Waals surface area contributed by atoms with E-state index in [9.17, 15) is 14.7 Å². The number of nitrogens with one attached hydrogen (secondary N) is 1. The molecule has 3 rings (SSSR count). The molecule has 0 aliphatic carbocycles. The second kappa shape index (κ2) is 12.0. The molecule has 1 atom stereocenters. The number of carbonyl (C=O) groups is 2. The van der Waals surface area contributed by atoms with Gasteiger partial charge in [-0.1, -0.05) is 41.9 Å². The first kappa shape index (κ1) is 24.3. The van der Waals surface area contributed by atoms with Crippen molar-refractivity contribution >= 4 is 29.2 Å². The number of carbonyl (C=O) groups excluding carboxylic acids is 1. The van der Waals surface area contributed by atoms with E-state index in [0.717, 1.165) is 12.8 Å². The Morgan fingerprint density at radius 3 is 2.36 bits per heavy atom. The van der Waals surface area contributed by atoms with E-state index in [1.54, 1.807) is 42.5 Å². The van der Waals surface area contributed by atoms with Gasteiger partial charge in [0.15, 0.2) is 0 Å². The Balaban J connectivity index is 1.60. The highest BCUT2D eigenvalue weighted by Gasteiger charge is 2.17. The average molecular weight is 468 g/mol. The molecule has 1 unspecified atom stereocenters. The van der Waals surface area contributed by atoms with Gasteiger partial charge in [-0.05, 0) is 67.3 Å². The molecule has 33 heavy (non-hydrogen) atoms. The number of benzene rings is 3. The van der Waals surface area contributed by atoms with Crippen LogP contribution >= 0.6 is 11.6 Å². The standard InChI is InChI=1S/C26H26ClNO5/c27-20-12-15-23(22(17-20)25(31)18-7-3-1-4-8-18)28-26(32)19-10-13-21(14-11-19)33-16-6-2-5-9-24(29)30/h1,3-4,7-8,10-15,17,25,31H,2,5-6,9,16H2,(H,28,32)(H,29,30). The van der Waals surface area contributed by atoms with Crippen molar-refractivity contribution in [3.8, 4) is 5.75 Å². The number of hydrogen-bond donors (Lipinski definition) is 3. The van der Waals surface area contributed by atoms with Crippen LogP contribution in [0.15, 0.2) is 72.8 Å². The fourth-order valence-corrected chi connectivity index (χ4v) is 3.51. The molecule has 0 aromatic heterocycles. The van der Waals surface area contributed by atoms with Gasteiger partial charge in [0.25, 0.3) is 5.91 Å². The number of unbranched alkanes of at least 4 members (excludes halogenated alkanes) is 2. The van der Waals surface area contributed by atoms with Crippen LogP contribution in [-0.4, -0.2) is 28.7 Å². The molecular formula is C26H26ClNO5. The molecule has 0 saturated heterocycles. The molecule has 0 aliphatic heterocycles. The Bertz CT molecular complexity index is 1070. The Morgan fingerprint density at radius 2 is 1.67 bits per heavy atom. The lowest BCUT2D eigenvalue weighted by Gasteiger charge is -2.17. The van der Waals surface area contributed by atoms with E-state index in [1.165, 1.54) is 0 Å². The molecule has 0 spiro atoms. The molecule has 3 aromatic carbocycles. The topological polar surface area (TPSA) is 95.9 Å². The van der Waals surface area contributed by atoms with Gasteiger partial charge in [-0.15, -0.1) is 0 Å². The zero-order valence-electron chi connectivity index (χ0n) is 18.0. The predicted octanol–water partition coefficient (Wildman–Crippen LogP) is 5.70. The minimum atomic E-state index is -0.938. The summed E-state index contributed by atoms with van der Waals surface area (Å²) in [6.07, 6.45) is 1.40. The van der Waals surface area contributed by atoms with Crippen molar-refractivity contribution in [1.29, 1.82) is 0 Å². The number of amides is 1. The van der Waals surface area contributed by atoms with Gasteiger partial charge in [0.05, 0.1) is 6.61 Å². The number of hydrogen-bond acceptors (Lipinski definition) is 4. The summed E-state index contributed by atoms with van der Waals surface area (Å²) in [7, 11) is 0. The number of anilines is 1. The molecule has 0 saturated carbocycles. The first-order valence-corrected chi connectivity index (χ1v) is 11.1.